The largest absolute Gasteiger partial charge is 0.464 e. The van der Waals surface area contributed by atoms with E-state index >= 15 is 0 Å². The fraction of sp³-hybridized carbons (Fsp3) is 0.579. The molecule has 1 N–H and O–H groups in total. The van der Waals surface area contributed by atoms with E-state index in [1.807, 2.05) is 6.26 Å². The highest BCUT2D eigenvalue weighted by Gasteiger charge is 2.21. The zero-order chi connectivity index (χ0) is 15.5. The van der Waals surface area contributed by atoms with Crippen LogP contribution in [0.5, 0.6) is 0 Å². The molecule has 1 aromatic carbocycles. The molecule has 116 valence electrons. The first-order valence-electron chi connectivity index (χ1n) is 8.21. The Labute approximate surface area is 128 Å². The molecule has 2 nitrogen and oxygen atoms in total. The molecule has 0 spiro atoms. The summed E-state index contributed by atoms with van der Waals surface area (Å²) >= 11 is 0. The average molecular weight is 287 g/mol. The minimum Gasteiger partial charge on any atom is -0.464 e. The Morgan fingerprint density at radius 1 is 1.10 bits per heavy atom. The highest BCUT2D eigenvalue weighted by Crippen LogP contribution is 2.34. The maximum absolute atomic E-state index is 5.94. The molecule has 0 amide bonds. The molecule has 2 rings (SSSR count). The van der Waals surface area contributed by atoms with Gasteiger partial charge >= 0.3 is 0 Å². The van der Waals surface area contributed by atoms with Crippen molar-refractivity contribution in [3.05, 3.63) is 35.1 Å². The predicted octanol–water partition coefficient (Wildman–Crippen LogP) is 4.83. The lowest BCUT2D eigenvalue weighted by Gasteiger charge is -2.20. The van der Waals surface area contributed by atoms with Crippen molar-refractivity contribution in [1.29, 1.82) is 0 Å². The monoisotopic (exact) mass is 287 g/mol. The molecule has 0 saturated heterocycles. The molecule has 0 aliphatic carbocycles. The van der Waals surface area contributed by atoms with Crippen LogP contribution in [0.15, 0.2) is 22.8 Å². The minimum absolute atomic E-state index is 0.110. The quantitative estimate of drug-likeness (QED) is 0.769. The first-order valence-corrected chi connectivity index (χ1v) is 8.21. The van der Waals surface area contributed by atoms with Crippen LogP contribution in [0.4, 0.5) is 0 Å². The van der Waals surface area contributed by atoms with Gasteiger partial charge in [-0.3, -0.25) is 0 Å². The van der Waals surface area contributed by atoms with Crippen molar-refractivity contribution in [3.8, 4) is 0 Å². The van der Waals surface area contributed by atoms with Crippen LogP contribution in [-0.4, -0.2) is 13.1 Å². The van der Waals surface area contributed by atoms with E-state index in [1.165, 1.54) is 28.5 Å². The Morgan fingerprint density at radius 2 is 1.86 bits per heavy atom. The van der Waals surface area contributed by atoms with Crippen LogP contribution >= 0.6 is 0 Å². The molecule has 2 aromatic rings. The predicted molar refractivity (Wildman–Crippen MR) is 91.2 cm³/mol. The van der Waals surface area contributed by atoms with Gasteiger partial charge in [-0.2, -0.15) is 0 Å². The standard InChI is InChI=1S/C19H29NO/c1-6-9-20-10-8-15-13-21-18-16(15)11-14(7-2)12-17(18)19(3,4)5/h11-13,20H,6-10H2,1-5H3. The lowest BCUT2D eigenvalue weighted by Crippen LogP contribution is -2.17. The van der Waals surface area contributed by atoms with Crippen LogP contribution < -0.4 is 5.32 Å². The van der Waals surface area contributed by atoms with Gasteiger partial charge in [-0.05, 0) is 55.0 Å². The molecular formula is C19H29NO. The van der Waals surface area contributed by atoms with Gasteiger partial charge in [-0.15, -0.1) is 0 Å². The van der Waals surface area contributed by atoms with Gasteiger partial charge in [0.15, 0.2) is 0 Å². The number of benzene rings is 1. The van der Waals surface area contributed by atoms with Crippen molar-refractivity contribution in [2.45, 2.75) is 59.3 Å². The Morgan fingerprint density at radius 3 is 2.48 bits per heavy atom. The van der Waals surface area contributed by atoms with Gasteiger partial charge in [0, 0.05) is 10.9 Å². The van der Waals surface area contributed by atoms with Crippen LogP contribution in [0.3, 0.4) is 0 Å². The highest BCUT2D eigenvalue weighted by molar-refractivity contribution is 5.85. The minimum atomic E-state index is 0.110. The molecule has 1 aromatic heterocycles. The number of hydrogen-bond acceptors (Lipinski definition) is 2. The molecular weight excluding hydrogens is 258 g/mol. The second-order valence-corrected chi connectivity index (χ2v) is 6.88. The van der Waals surface area contributed by atoms with E-state index in [-0.39, 0.29) is 5.41 Å². The Hall–Kier alpha value is -1.28. The zero-order valence-electron chi connectivity index (χ0n) is 14.2. The van der Waals surface area contributed by atoms with Gasteiger partial charge < -0.3 is 9.73 Å². The molecule has 0 atom stereocenters. The average Bonchev–Trinajstić information content (AvgIpc) is 2.84. The maximum atomic E-state index is 5.94. The zero-order valence-corrected chi connectivity index (χ0v) is 14.2. The second-order valence-electron chi connectivity index (χ2n) is 6.88. The van der Waals surface area contributed by atoms with E-state index in [0.29, 0.717) is 0 Å². The summed E-state index contributed by atoms with van der Waals surface area (Å²) in [5, 5.41) is 4.77. The van der Waals surface area contributed by atoms with Gasteiger partial charge in [0.2, 0.25) is 0 Å². The van der Waals surface area contributed by atoms with Crippen molar-refractivity contribution in [2.24, 2.45) is 0 Å². The van der Waals surface area contributed by atoms with Crippen molar-refractivity contribution in [2.75, 3.05) is 13.1 Å². The van der Waals surface area contributed by atoms with Crippen LogP contribution in [0.1, 0.15) is 57.7 Å². The number of fused-ring (bicyclic) bond motifs is 1. The number of rotatable bonds is 6. The topological polar surface area (TPSA) is 25.2 Å². The third kappa shape index (κ3) is 3.68. The fourth-order valence-corrected chi connectivity index (χ4v) is 2.73. The van der Waals surface area contributed by atoms with E-state index in [9.17, 15) is 0 Å². The SMILES string of the molecule is CCCNCCc1coc2c(C(C)(C)C)cc(CC)cc12. The van der Waals surface area contributed by atoms with E-state index in [1.54, 1.807) is 0 Å². The van der Waals surface area contributed by atoms with Gasteiger partial charge in [0.1, 0.15) is 5.58 Å². The normalized spacial score (nSPS) is 12.2. The first-order chi connectivity index (χ1) is 9.97. The summed E-state index contributed by atoms with van der Waals surface area (Å²) in [6.07, 6.45) is 5.23. The fourth-order valence-electron chi connectivity index (χ4n) is 2.73. The molecule has 0 unspecified atom stereocenters. The molecule has 0 aliphatic heterocycles. The van der Waals surface area contributed by atoms with Crippen molar-refractivity contribution < 1.29 is 4.42 Å². The number of furan rings is 1. The van der Waals surface area contributed by atoms with Gasteiger partial charge in [0.25, 0.3) is 0 Å². The van der Waals surface area contributed by atoms with Gasteiger partial charge in [-0.25, -0.2) is 0 Å². The van der Waals surface area contributed by atoms with E-state index < -0.39 is 0 Å². The van der Waals surface area contributed by atoms with Gasteiger partial charge in [0.05, 0.1) is 6.26 Å². The summed E-state index contributed by atoms with van der Waals surface area (Å²) in [7, 11) is 0. The van der Waals surface area contributed by atoms with Crippen LogP contribution in [0, 0.1) is 0 Å². The molecule has 1 heterocycles. The third-order valence-corrected chi connectivity index (χ3v) is 4.03. The molecule has 21 heavy (non-hydrogen) atoms. The number of hydrogen-bond donors (Lipinski definition) is 1. The van der Waals surface area contributed by atoms with E-state index in [4.69, 9.17) is 4.42 Å². The summed E-state index contributed by atoms with van der Waals surface area (Å²) in [6, 6.07) is 4.62. The Bertz CT molecular complexity index is 589. The smallest absolute Gasteiger partial charge is 0.137 e. The maximum Gasteiger partial charge on any atom is 0.137 e. The van der Waals surface area contributed by atoms with Crippen LogP contribution in [0.25, 0.3) is 11.0 Å². The first kappa shape index (κ1) is 16.1. The van der Waals surface area contributed by atoms with Crippen LogP contribution in [0.2, 0.25) is 0 Å². The van der Waals surface area contributed by atoms with E-state index in [0.717, 1.165) is 31.5 Å². The third-order valence-electron chi connectivity index (χ3n) is 4.03. The summed E-state index contributed by atoms with van der Waals surface area (Å²) in [4.78, 5) is 0. The molecule has 0 fully saturated rings. The molecule has 0 saturated carbocycles. The van der Waals surface area contributed by atoms with Crippen molar-refractivity contribution >= 4 is 11.0 Å². The Kier molecular flexibility index (Phi) is 5.10. The van der Waals surface area contributed by atoms with Gasteiger partial charge in [-0.1, -0.05) is 40.7 Å². The summed E-state index contributed by atoms with van der Waals surface area (Å²) in [6.45, 7) is 13.3. The number of aryl methyl sites for hydroxylation is 1. The van der Waals surface area contributed by atoms with Crippen molar-refractivity contribution in [1.82, 2.24) is 5.32 Å². The van der Waals surface area contributed by atoms with Crippen LogP contribution in [-0.2, 0) is 18.3 Å². The summed E-state index contributed by atoms with van der Waals surface area (Å²) < 4.78 is 5.94. The molecule has 0 aliphatic rings. The molecule has 0 radical (unpaired) electrons. The summed E-state index contributed by atoms with van der Waals surface area (Å²) in [5.41, 5.74) is 5.24. The molecule has 2 heteroatoms. The highest BCUT2D eigenvalue weighted by atomic mass is 16.3. The second kappa shape index (κ2) is 6.65. The molecule has 0 bridgehead atoms. The Balaban J connectivity index is 2.37. The summed E-state index contributed by atoms with van der Waals surface area (Å²) in [5.74, 6) is 0. The lowest BCUT2D eigenvalue weighted by atomic mass is 9.84. The number of nitrogens with one attached hydrogen (secondary N) is 1. The van der Waals surface area contributed by atoms with Crippen molar-refractivity contribution in [3.63, 3.8) is 0 Å². The lowest BCUT2D eigenvalue weighted by molar-refractivity contribution is 0.556. The van der Waals surface area contributed by atoms with E-state index in [2.05, 4.69) is 52.1 Å².